The largest absolute Gasteiger partial charge is 0.394 e. The number of rotatable bonds is 4. The summed E-state index contributed by atoms with van der Waals surface area (Å²) in [7, 11) is 0. The molecule has 90 valence electrons. The van der Waals surface area contributed by atoms with Crippen molar-refractivity contribution >= 4 is 0 Å². The van der Waals surface area contributed by atoms with E-state index in [1.165, 1.54) is 0 Å². The molecule has 7 nitrogen and oxygen atoms in total. The van der Waals surface area contributed by atoms with Crippen LogP contribution in [0.5, 0.6) is 0 Å². The molecule has 0 radical (unpaired) electrons. The molecule has 7 heteroatoms. The second-order valence-electron chi connectivity index (χ2n) is 3.34. The lowest BCUT2D eigenvalue weighted by Gasteiger charge is -2.38. The van der Waals surface area contributed by atoms with Crippen molar-refractivity contribution in [1.29, 1.82) is 0 Å². The van der Waals surface area contributed by atoms with Crippen molar-refractivity contribution in [2.75, 3.05) is 19.8 Å². The summed E-state index contributed by atoms with van der Waals surface area (Å²) in [6.07, 6.45) is -6.82. The normalized spacial score (nSPS) is 41.8. The Morgan fingerprint density at radius 2 is 1.67 bits per heavy atom. The Kier molecular flexibility index (Phi) is 4.87. The van der Waals surface area contributed by atoms with E-state index < -0.39 is 30.7 Å². The second kappa shape index (κ2) is 5.71. The zero-order valence-electron chi connectivity index (χ0n) is 8.06. The maximum Gasteiger partial charge on any atom is 0.184 e. The number of aliphatic hydroxyl groups is 5. The van der Waals surface area contributed by atoms with Crippen molar-refractivity contribution in [2.24, 2.45) is 0 Å². The van der Waals surface area contributed by atoms with E-state index in [0.717, 1.165) is 0 Å². The molecule has 1 aliphatic heterocycles. The van der Waals surface area contributed by atoms with Crippen LogP contribution < -0.4 is 0 Å². The summed E-state index contributed by atoms with van der Waals surface area (Å²) in [5.74, 6) is 0. The molecule has 0 aromatic heterocycles. The average Bonchev–Trinajstić information content (AvgIpc) is 2.23. The minimum absolute atomic E-state index is 0.0708. The van der Waals surface area contributed by atoms with Gasteiger partial charge in [0.05, 0.1) is 19.8 Å². The number of hydrogen-bond donors (Lipinski definition) is 5. The minimum atomic E-state index is -1.55. The van der Waals surface area contributed by atoms with Crippen LogP contribution in [0.1, 0.15) is 0 Å². The molecule has 5 N–H and O–H groups in total. The average molecular weight is 224 g/mol. The topological polar surface area (TPSA) is 120 Å². The highest BCUT2D eigenvalue weighted by atomic mass is 16.6. The van der Waals surface area contributed by atoms with E-state index in [-0.39, 0.29) is 19.8 Å². The van der Waals surface area contributed by atoms with Gasteiger partial charge in [-0.1, -0.05) is 0 Å². The second-order valence-corrected chi connectivity index (χ2v) is 3.34. The summed E-state index contributed by atoms with van der Waals surface area (Å²) in [6, 6.07) is 0. The first-order valence-corrected chi connectivity index (χ1v) is 4.64. The Bertz CT molecular complexity index is 188. The van der Waals surface area contributed by atoms with E-state index in [1.807, 2.05) is 0 Å². The maximum atomic E-state index is 9.44. The molecule has 1 aliphatic rings. The van der Waals surface area contributed by atoms with Crippen molar-refractivity contribution in [3.63, 3.8) is 0 Å². The first kappa shape index (κ1) is 12.8. The molecule has 15 heavy (non-hydrogen) atoms. The van der Waals surface area contributed by atoms with E-state index in [9.17, 15) is 10.2 Å². The van der Waals surface area contributed by atoms with Crippen molar-refractivity contribution < 1.29 is 35.0 Å². The summed E-state index contributed by atoms with van der Waals surface area (Å²) in [4.78, 5) is 0. The van der Waals surface area contributed by atoms with Crippen LogP contribution in [0.4, 0.5) is 0 Å². The van der Waals surface area contributed by atoms with Gasteiger partial charge in [0.25, 0.3) is 0 Å². The van der Waals surface area contributed by atoms with Gasteiger partial charge in [-0.25, -0.2) is 0 Å². The van der Waals surface area contributed by atoms with Crippen LogP contribution in [0.2, 0.25) is 0 Å². The Balaban J connectivity index is 2.43. The highest BCUT2D eigenvalue weighted by Crippen LogP contribution is 2.19. The lowest BCUT2D eigenvalue weighted by molar-refractivity contribution is -0.288. The number of aliphatic hydroxyl groups excluding tert-OH is 5. The number of hydrogen-bond acceptors (Lipinski definition) is 7. The van der Waals surface area contributed by atoms with E-state index >= 15 is 0 Å². The predicted octanol–water partition coefficient (Wildman–Crippen LogP) is -3.20. The van der Waals surface area contributed by atoms with Crippen LogP contribution in [0.25, 0.3) is 0 Å². The molecule has 0 bridgehead atoms. The fraction of sp³-hybridized carbons (Fsp3) is 1.00. The Hall–Kier alpha value is -0.280. The van der Waals surface area contributed by atoms with Crippen LogP contribution in [-0.2, 0) is 9.47 Å². The van der Waals surface area contributed by atoms with Gasteiger partial charge in [-0.3, -0.25) is 0 Å². The van der Waals surface area contributed by atoms with Gasteiger partial charge in [-0.05, 0) is 0 Å². The van der Waals surface area contributed by atoms with Crippen molar-refractivity contribution in [1.82, 2.24) is 0 Å². The highest BCUT2D eigenvalue weighted by molar-refractivity contribution is 4.88. The van der Waals surface area contributed by atoms with Crippen molar-refractivity contribution in [3.05, 3.63) is 0 Å². The molecule has 5 atom stereocenters. The fourth-order valence-corrected chi connectivity index (χ4v) is 1.33. The van der Waals surface area contributed by atoms with E-state index in [1.54, 1.807) is 0 Å². The predicted molar refractivity (Wildman–Crippen MR) is 46.8 cm³/mol. The Labute approximate surface area is 86.5 Å². The van der Waals surface area contributed by atoms with Crippen LogP contribution in [0.3, 0.4) is 0 Å². The molecule has 1 fully saturated rings. The fourth-order valence-electron chi connectivity index (χ4n) is 1.33. The van der Waals surface area contributed by atoms with Gasteiger partial charge < -0.3 is 35.0 Å². The van der Waals surface area contributed by atoms with E-state index in [0.29, 0.717) is 0 Å². The quantitative estimate of drug-likeness (QED) is 0.319. The zero-order chi connectivity index (χ0) is 11.4. The smallest absolute Gasteiger partial charge is 0.184 e. The third kappa shape index (κ3) is 3.08. The molecule has 0 amide bonds. The summed E-state index contributed by atoms with van der Waals surface area (Å²) in [5, 5.41) is 45.5. The molecular weight excluding hydrogens is 208 g/mol. The van der Waals surface area contributed by atoms with Gasteiger partial charge in [0.1, 0.15) is 24.4 Å². The van der Waals surface area contributed by atoms with Crippen LogP contribution in [0.15, 0.2) is 0 Å². The zero-order valence-corrected chi connectivity index (χ0v) is 8.06. The summed E-state index contributed by atoms with van der Waals surface area (Å²) >= 11 is 0. The van der Waals surface area contributed by atoms with E-state index in [2.05, 4.69) is 0 Å². The van der Waals surface area contributed by atoms with Gasteiger partial charge in [0.2, 0.25) is 0 Å². The van der Waals surface area contributed by atoms with Gasteiger partial charge in [0.15, 0.2) is 6.29 Å². The van der Waals surface area contributed by atoms with Crippen molar-refractivity contribution in [2.45, 2.75) is 30.7 Å². The Morgan fingerprint density at radius 1 is 1.00 bits per heavy atom. The minimum Gasteiger partial charge on any atom is -0.394 e. The molecular formula is C8H16O7. The third-order valence-corrected chi connectivity index (χ3v) is 2.20. The number of ether oxygens (including phenoxy) is 2. The van der Waals surface area contributed by atoms with Gasteiger partial charge in [-0.15, -0.1) is 0 Å². The summed E-state index contributed by atoms with van der Waals surface area (Å²) in [6.45, 7) is -0.180. The van der Waals surface area contributed by atoms with Gasteiger partial charge >= 0.3 is 0 Å². The van der Waals surface area contributed by atoms with Gasteiger partial charge in [0, 0.05) is 0 Å². The Morgan fingerprint density at radius 3 is 2.27 bits per heavy atom. The maximum absolute atomic E-state index is 9.44. The first-order chi connectivity index (χ1) is 7.07. The lowest BCUT2D eigenvalue weighted by atomic mass is 9.99. The van der Waals surface area contributed by atoms with E-state index in [4.69, 9.17) is 24.8 Å². The summed E-state index contributed by atoms with van der Waals surface area (Å²) < 4.78 is 9.70. The molecule has 0 aromatic rings. The van der Waals surface area contributed by atoms with Gasteiger partial charge in [-0.2, -0.15) is 0 Å². The first-order valence-electron chi connectivity index (χ1n) is 4.64. The monoisotopic (exact) mass is 224 g/mol. The molecule has 1 saturated heterocycles. The van der Waals surface area contributed by atoms with Crippen LogP contribution in [-0.4, -0.2) is 76.1 Å². The van der Waals surface area contributed by atoms with Crippen LogP contribution in [0, 0.1) is 0 Å². The standard InChI is InChI=1S/C8H16O7/c9-1-2-14-3-4-5(10)6(11)7(12)8(13)15-4/h4-13H,1-3H2/t4-,5+,6+,7-,8?/m1/s1. The molecule has 0 saturated carbocycles. The molecule has 1 heterocycles. The molecule has 0 aliphatic carbocycles. The molecule has 1 unspecified atom stereocenters. The molecule has 0 spiro atoms. The molecule has 1 rings (SSSR count). The van der Waals surface area contributed by atoms with Crippen molar-refractivity contribution in [3.8, 4) is 0 Å². The third-order valence-electron chi connectivity index (χ3n) is 2.20. The lowest BCUT2D eigenvalue weighted by Crippen LogP contribution is -2.58. The summed E-state index contributed by atoms with van der Waals surface area (Å²) in [5.41, 5.74) is 0. The molecule has 0 aromatic carbocycles. The van der Waals surface area contributed by atoms with Crippen LogP contribution >= 0.6 is 0 Å². The highest BCUT2D eigenvalue weighted by Gasteiger charge is 2.42. The SMILES string of the molecule is OCCOC[C@H]1OC(O)[C@H](O)[C@@H](O)[C@H]1O.